The maximum atomic E-state index is 12.8. The smallest absolute Gasteiger partial charge is 0.258 e. The van der Waals surface area contributed by atoms with E-state index in [4.69, 9.17) is 4.74 Å². The third kappa shape index (κ3) is 4.12. The summed E-state index contributed by atoms with van der Waals surface area (Å²) in [5.41, 5.74) is 2.74. The number of imidazole rings is 1. The fourth-order valence-corrected chi connectivity index (χ4v) is 3.67. The Labute approximate surface area is 179 Å². The molecule has 4 aromatic carbocycles. The molecule has 0 aliphatic rings. The van der Waals surface area contributed by atoms with Gasteiger partial charge in [0.2, 0.25) is 0 Å². The lowest BCUT2D eigenvalue weighted by molar-refractivity contribution is -0.123. The van der Waals surface area contributed by atoms with Crippen LogP contribution in [0.2, 0.25) is 0 Å². The number of H-pyrrole nitrogens is 1. The molecule has 0 saturated carbocycles. The van der Waals surface area contributed by atoms with E-state index in [1.54, 1.807) is 0 Å². The predicted molar refractivity (Wildman–Crippen MR) is 122 cm³/mol. The van der Waals surface area contributed by atoms with Crippen molar-refractivity contribution < 1.29 is 9.53 Å². The molecule has 0 radical (unpaired) electrons. The number of fused-ring (bicyclic) bond motifs is 2. The first-order chi connectivity index (χ1) is 15.3. The molecule has 1 unspecified atom stereocenters. The molecule has 5 rings (SSSR count). The lowest BCUT2D eigenvalue weighted by Gasteiger charge is -2.17. The number of nitrogens with zero attached hydrogens (tertiary/aromatic N) is 1. The second-order valence-electron chi connectivity index (χ2n) is 7.35. The molecule has 31 heavy (non-hydrogen) atoms. The topological polar surface area (TPSA) is 67.0 Å². The van der Waals surface area contributed by atoms with Crippen molar-refractivity contribution in [1.29, 1.82) is 0 Å². The van der Waals surface area contributed by atoms with Crippen LogP contribution in [-0.4, -0.2) is 22.5 Å². The second kappa shape index (κ2) is 8.32. The summed E-state index contributed by atoms with van der Waals surface area (Å²) in [4.78, 5) is 20.8. The van der Waals surface area contributed by atoms with E-state index in [1.807, 2.05) is 97.1 Å². The standard InChI is InChI=1S/C26H21N3O2/c30-24(17-31-21-15-14-18-8-4-5-11-20(18)16-21)29-25(19-9-2-1-3-10-19)26-27-22-12-6-7-13-23(22)28-26/h1-16,25H,17H2,(H,27,28)(H,29,30). The van der Waals surface area contributed by atoms with E-state index in [0.717, 1.165) is 27.4 Å². The monoisotopic (exact) mass is 407 g/mol. The van der Waals surface area contributed by atoms with Crippen LogP contribution in [0.3, 0.4) is 0 Å². The summed E-state index contributed by atoms with van der Waals surface area (Å²) in [7, 11) is 0. The van der Waals surface area contributed by atoms with E-state index < -0.39 is 6.04 Å². The van der Waals surface area contributed by atoms with Gasteiger partial charge in [-0.3, -0.25) is 4.79 Å². The molecule has 5 aromatic rings. The molecule has 0 saturated heterocycles. The van der Waals surface area contributed by atoms with Crippen molar-refractivity contribution in [2.75, 3.05) is 6.61 Å². The molecule has 0 aliphatic heterocycles. The van der Waals surface area contributed by atoms with Crippen LogP contribution in [-0.2, 0) is 4.79 Å². The van der Waals surface area contributed by atoms with Crippen LogP contribution >= 0.6 is 0 Å². The Kier molecular flexibility index (Phi) is 5.07. The van der Waals surface area contributed by atoms with Crippen molar-refractivity contribution in [1.82, 2.24) is 15.3 Å². The van der Waals surface area contributed by atoms with Gasteiger partial charge >= 0.3 is 0 Å². The van der Waals surface area contributed by atoms with Crippen molar-refractivity contribution in [3.63, 3.8) is 0 Å². The molecule has 1 aromatic heterocycles. The number of ether oxygens (including phenoxy) is 1. The van der Waals surface area contributed by atoms with Gasteiger partial charge in [0.25, 0.3) is 5.91 Å². The zero-order chi connectivity index (χ0) is 21.0. The van der Waals surface area contributed by atoms with Gasteiger partial charge in [-0.2, -0.15) is 0 Å². The Morgan fingerprint density at radius 1 is 0.871 bits per heavy atom. The number of carbonyl (C=O) groups excluding carboxylic acids is 1. The number of para-hydroxylation sites is 2. The molecule has 0 fully saturated rings. The summed E-state index contributed by atoms with van der Waals surface area (Å²) in [5, 5.41) is 5.27. The molecule has 5 nitrogen and oxygen atoms in total. The number of nitrogens with one attached hydrogen (secondary N) is 2. The first-order valence-corrected chi connectivity index (χ1v) is 10.2. The highest BCUT2D eigenvalue weighted by molar-refractivity contribution is 5.84. The molecule has 2 N–H and O–H groups in total. The van der Waals surface area contributed by atoms with Crippen LogP contribution in [0.25, 0.3) is 21.8 Å². The van der Waals surface area contributed by atoms with Gasteiger partial charge in [-0.1, -0.05) is 72.8 Å². The highest BCUT2D eigenvalue weighted by Crippen LogP contribution is 2.23. The molecular formula is C26H21N3O2. The van der Waals surface area contributed by atoms with E-state index in [0.29, 0.717) is 11.6 Å². The molecular weight excluding hydrogens is 386 g/mol. The Morgan fingerprint density at radius 3 is 2.45 bits per heavy atom. The number of amides is 1. The normalized spacial score (nSPS) is 12.0. The van der Waals surface area contributed by atoms with E-state index in [1.165, 1.54) is 0 Å². The minimum absolute atomic E-state index is 0.0814. The lowest BCUT2D eigenvalue weighted by atomic mass is 10.1. The molecule has 1 heterocycles. The number of rotatable bonds is 6. The Hall–Kier alpha value is -4.12. The van der Waals surface area contributed by atoms with Crippen LogP contribution in [0.15, 0.2) is 97.1 Å². The van der Waals surface area contributed by atoms with Gasteiger partial charge < -0.3 is 15.0 Å². The van der Waals surface area contributed by atoms with Gasteiger partial charge in [0, 0.05) is 0 Å². The molecule has 5 heteroatoms. The SMILES string of the molecule is O=C(COc1ccc2ccccc2c1)NC(c1ccccc1)c1nc2ccccc2[nH]1. The minimum atomic E-state index is -0.402. The minimum Gasteiger partial charge on any atom is -0.484 e. The van der Waals surface area contributed by atoms with Crippen LogP contribution < -0.4 is 10.1 Å². The zero-order valence-corrected chi connectivity index (χ0v) is 16.8. The summed E-state index contributed by atoms with van der Waals surface area (Å²) < 4.78 is 5.76. The van der Waals surface area contributed by atoms with E-state index >= 15 is 0 Å². The summed E-state index contributed by atoms with van der Waals surface area (Å²) in [6.45, 7) is -0.0814. The number of aromatic nitrogens is 2. The van der Waals surface area contributed by atoms with Gasteiger partial charge in [-0.05, 0) is 40.6 Å². The highest BCUT2D eigenvalue weighted by atomic mass is 16.5. The van der Waals surface area contributed by atoms with Crippen LogP contribution in [0.1, 0.15) is 17.4 Å². The number of benzene rings is 4. The molecule has 1 amide bonds. The van der Waals surface area contributed by atoms with Crippen molar-refractivity contribution >= 4 is 27.7 Å². The van der Waals surface area contributed by atoms with Crippen LogP contribution in [0.4, 0.5) is 0 Å². The fourth-order valence-electron chi connectivity index (χ4n) is 3.67. The van der Waals surface area contributed by atoms with Crippen molar-refractivity contribution in [3.8, 4) is 5.75 Å². The summed E-state index contributed by atoms with van der Waals surface area (Å²) in [5.74, 6) is 1.13. The number of aromatic amines is 1. The highest BCUT2D eigenvalue weighted by Gasteiger charge is 2.20. The lowest BCUT2D eigenvalue weighted by Crippen LogP contribution is -2.33. The van der Waals surface area contributed by atoms with E-state index in [9.17, 15) is 4.79 Å². The van der Waals surface area contributed by atoms with E-state index in [-0.39, 0.29) is 12.5 Å². The van der Waals surface area contributed by atoms with Gasteiger partial charge in [0.05, 0.1) is 11.0 Å². The van der Waals surface area contributed by atoms with Crippen LogP contribution in [0, 0.1) is 0 Å². The quantitative estimate of drug-likeness (QED) is 0.416. The van der Waals surface area contributed by atoms with Gasteiger partial charge in [0.15, 0.2) is 6.61 Å². The molecule has 152 valence electrons. The van der Waals surface area contributed by atoms with E-state index in [2.05, 4.69) is 15.3 Å². The second-order valence-corrected chi connectivity index (χ2v) is 7.35. The zero-order valence-electron chi connectivity index (χ0n) is 16.8. The molecule has 0 spiro atoms. The van der Waals surface area contributed by atoms with Crippen LogP contribution in [0.5, 0.6) is 5.75 Å². The number of hydrogen-bond donors (Lipinski definition) is 2. The molecule has 0 bridgehead atoms. The van der Waals surface area contributed by atoms with Gasteiger partial charge in [0.1, 0.15) is 17.6 Å². The molecule has 1 atom stereocenters. The van der Waals surface area contributed by atoms with Gasteiger partial charge in [-0.25, -0.2) is 4.98 Å². The number of hydrogen-bond acceptors (Lipinski definition) is 3. The third-order valence-electron chi connectivity index (χ3n) is 5.21. The average molecular weight is 407 g/mol. The third-order valence-corrected chi connectivity index (χ3v) is 5.21. The summed E-state index contributed by atoms with van der Waals surface area (Å²) >= 11 is 0. The maximum absolute atomic E-state index is 12.8. The van der Waals surface area contributed by atoms with Crippen molar-refractivity contribution in [2.24, 2.45) is 0 Å². The summed E-state index contributed by atoms with van der Waals surface area (Å²) in [6, 6.07) is 31.1. The van der Waals surface area contributed by atoms with Gasteiger partial charge in [-0.15, -0.1) is 0 Å². The largest absolute Gasteiger partial charge is 0.484 e. The predicted octanol–water partition coefficient (Wildman–Crippen LogP) is 5.00. The first kappa shape index (κ1) is 18.9. The summed E-state index contributed by atoms with van der Waals surface area (Å²) in [6.07, 6.45) is 0. The fraction of sp³-hybridized carbons (Fsp3) is 0.0769. The Morgan fingerprint density at radius 2 is 1.61 bits per heavy atom. The maximum Gasteiger partial charge on any atom is 0.258 e. The van der Waals surface area contributed by atoms with Crippen molar-refractivity contribution in [2.45, 2.75) is 6.04 Å². The molecule has 0 aliphatic carbocycles. The van der Waals surface area contributed by atoms with Crippen molar-refractivity contribution in [3.05, 3.63) is 108 Å². The number of carbonyl (C=O) groups is 1. The Bertz CT molecular complexity index is 1310. The Balaban J connectivity index is 1.35. The average Bonchev–Trinajstić information content (AvgIpc) is 3.25. The first-order valence-electron chi connectivity index (χ1n) is 10.2.